The molecular weight excluding hydrogens is 276 g/mol. The van der Waals surface area contributed by atoms with Crippen molar-refractivity contribution in [2.75, 3.05) is 13.6 Å². The minimum absolute atomic E-state index is 0.0643. The quantitative estimate of drug-likeness (QED) is 0.477. The molecule has 0 radical (unpaired) electrons. The standard InChI is InChI=1S/C17H20N4O/c1-12(20-8-7-18)21(4)15-10-17(2,3)22-16-6-5-13(11-19)9-14(15)16/h5-6,9,15H,8,10H2,1-4H3/b20-12+. The molecule has 0 aliphatic carbocycles. The Morgan fingerprint density at radius 2 is 2.18 bits per heavy atom. The molecule has 1 atom stereocenters. The number of fused-ring (bicyclic) bond motifs is 1. The number of benzene rings is 1. The van der Waals surface area contributed by atoms with Gasteiger partial charge in [-0.3, -0.25) is 4.99 Å². The van der Waals surface area contributed by atoms with E-state index >= 15 is 0 Å². The second-order valence-electron chi connectivity index (χ2n) is 6.08. The van der Waals surface area contributed by atoms with Crippen LogP contribution < -0.4 is 4.74 Å². The lowest BCUT2D eigenvalue weighted by atomic mass is 9.88. The highest BCUT2D eigenvalue weighted by Gasteiger charge is 2.36. The summed E-state index contributed by atoms with van der Waals surface area (Å²) in [4.78, 5) is 6.31. The zero-order valence-corrected chi connectivity index (χ0v) is 13.4. The fourth-order valence-corrected chi connectivity index (χ4v) is 2.72. The number of hydrogen-bond acceptors (Lipinski definition) is 4. The molecule has 1 aliphatic heterocycles. The topological polar surface area (TPSA) is 72.4 Å². The summed E-state index contributed by atoms with van der Waals surface area (Å²) in [5.41, 5.74) is 1.31. The third-order valence-electron chi connectivity index (χ3n) is 3.93. The van der Waals surface area contributed by atoms with Crippen molar-refractivity contribution in [1.82, 2.24) is 4.90 Å². The van der Waals surface area contributed by atoms with Crippen LogP contribution in [0, 0.1) is 22.7 Å². The van der Waals surface area contributed by atoms with Crippen LogP contribution in [0.2, 0.25) is 0 Å². The van der Waals surface area contributed by atoms with Crippen LogP contribution >= 0.6 is 0 Å². The summed E-state index contributed by atoms with van der Waals surface area (Å²) in [5, 5.41) is 17.8. The van der Waals surface area contributed by atoms with Gasteiger partial charge in [0.1, 0.15) is 17.9 Å². The minimum Gasteiger partial charge on any atom is -0.487 e. The van der Waals surface area contributed by atoms with Gasteiger partial charge in [-0.25, -0.2) is 0 Å². The Hall–Kier alpha value is -2.53. The Morgan fingerprint density at radius 1 is 1.45 bits per heavy atom. The van der Waals surface area contributed by atoms with Crippen molar-refractivity contribution >= 4 is 5.84 Å². The summed E-state index contributed by atoms with van der Waals surface area (Å²) >= 11 is 0. The predicted molar refractivity (Wildman–Crippen MR) is 84.6 cm³/mol. The molecule has 1 aliphatic rings. The summed E-state index contributed by atoms with van der Waals surface area (Å²) < 4.78 is 6.03. The van der Waals surface area contributed by atoms with Crippen molar-refractivity contribution in [1.29, 1.82) is 10.5 Å². The molecule has 0 saturated heterocycles. The molecular formula is C17H20N4O. The molecule has 114 valence electrons. The average Bonchev–Trinajstić information content (AvgIpc) is 2.49. The van der Waals surface area contributed by atoms with Crippen LogP contribution in [-0.4, -0.2) is 29.9 Å². The number of aliphatic imine (C=N–C) groups is 1. The molecule has 0 saturated carbocycles. The van der Waals surface area contributed by atoms with Gasteiger partial charge in [0.15, 0.2) is 0 Å². The molecule has 1 aromatic carbocycles. The van der Waals surface area contributed by atoms with Crippen LogP contribution in [0.25, 0.3) is 0 Å². The SMILES string of the molecule is C/C(=N\CC#N)N(C)C1CC(C)(C)Oc2ccc(C#N)cc21. The zero-order chi connectivity index (χ0) is 16.3. The van der Waals surface area contributed by atoms with E-state index in [1.165, 1.54) is 0 Å². The van der Waals surface area contributed by atoms with Crippen LogP contribution in [0.15, 0.2) is 23.2 Å². The minimum atomic E-state index is -0.296. The molecule has 5 nitrogen and oxygen atoms in total. The van der Waals surface area contributed by atoms with Crippen molar-refractivity contribution in [2.24, 2.45) is 4.99 Å². The first-order chi connectivity index (χ1) is 10.4. The van der Waals surface area contributed by atoms with Gasteiger partial charge in [0.05, 0.1) is 29.6 Å². The molecule has 0 bridgehead atoms. The first kappa shape index (κ1) is 15.9. The van der Waals surface area contributed by atoms with Crippen molar-refractivity contribution in [3.05, 3.63) is 29.3 Å². The van der Waals surface area contributed by atoms with Gasteiger partial charge in [-0.1, -0.05) is 0 Å². The lowest BCUT2D eigenvalue weighted by Gasteiger charge is -2.42. The van der Waals surface area contributed by atoms with Crippen molar-refractivity contribution in [3.63, 3.8) is 0 Å². The maximum atomic E-state index is 9.13. The van der Waals surface area contributed by atoms with Gasteiger partial charge in [-0.05, 0) is 39.0 Å². The average molecular weight is 296 g/mol. The highest BCUT2D eigenvalue weighted by molar-refractivity contribution is 5.80. The summed E-state index contributed by atoms with van der Waals surface area (Å²) in [6, 6.07) is 9.77. The van der Waals surface area contributed by atoms with E-state index in [2.05, 4.69) is 29.8 Å². The molecule has 0 aromatic heterocycles. The van der Waals surface area contributed by atoms with E-state index in [1.54, 1.807) is 6.07 Å². The normalized spacial score (nSPS) is 19.4. The van der Waals surface area contributed by atoms with E-state index in [-0.39, 0.29) is 18.2 Å². The molecule has 22 heavy (non-hydrogen) atoms. The second-order valence-corrected chi connectivity index (χ2v) is 6.08. The summed E-state index contributed by atoms with van der Waals surface area (Å²) in [6.07, 6.45) is 0.783. The maximum Gasteiger partial charge on any atom is 0.128 e. The molecule has 0 spiro atoms. The van der Waals surface area contributed by atoms with Gasteiger partial charge in [0.2, 0.25) is 0 Å². The van der Waals surface area contributed by atoms with Gasteiger partial charge < -0.3 is 9.64 Å². The smallest absolute Gasteiger partial charge is 0.128 e. The van der Waals surface area contributed by atoms with Gasteiger partial charge in [0, 0.05) is 19.0 Å². The highest BCUT2D eigenvalue weighted by Crippen LogP contribution is 2.42. The van der Waals surface area contributed by atoms with E-state index in [1.807, 2.05) is 32.2 Å². The Morgan fingerprint density at radius 3 is 2.82 bits per heavy atom. The number of ether oxygens (including phenoxy) is 1. The van der Waals surface area contributed by atoms with Crippen LogP contribution in [0.5, 0.6) is 5.75 Å². The summed E-state index contributed by atoms with van der Waals surface area (Å²) in [6.45, 7) is 6.15. The van der Waals surface area contributed by atoms with Gasteiger partial charge in [-0.2, -0.15) is 10.5 Å². The van der Waals surface area contributed by atoms with Gasteiger partial charge in [0.25, 0.3) is 0 Å². The van der Waals surface area contributed by atoms with Crippen LogP contribution in [0.3, 0.4) is 0 Å². The fourth-order valence-electron chi connectivity index (χ4n) is 2.72. The molecule has 0 amide bonds. The molecule has 0 N–H and O–H groups in total. The third kappa shape index (κ3) is 3.20. The van der Waals surface area contributed by atoms with E-state index in [0.29, 0.717) is 5.56 Å². The van der Waals surface area contributed by atoms with E-state index < -0.39 is 0 Å². The maximum absolute atomic E-state index is 9.13. The monoisotopic (exact) mass is 296 g/mol. The highest BCUT2D eigenvalue weighted by atomic mass is 16.5. The fraction of sp³-hybridized carbons (Fsp3) is 0.471. The van der Waals surface area contributed by atoms with E-state index in [9.17, 15) is 0 Å². The Kier molecular flexibility index (Phi) is 4.37. The Bertz CT molecular complexity index is 679. The molecule has 2 rings (SSSR count). The molecule has 1 aromatic rings. The van der Waals surface area contributed by atoms with E-state index in [0.717, 1.165) is 23.6 Å². The molecule has 5 heteroatoms. The lowest BCUT2D eigenvalue weighted by Crippen LogP contribution is -2.41. The van der Waals surface area contributed by atoms with Crippen LogP contribution in [-0.2, 0) is 0 Å². The molecule has 1 unspecified atom stereocenters. The van der Waals surface area contributed by atoms with Gasteiger partial charge >= 0.3 is 0 Å². The second kappa shape index (κ2) is 6.07. The number of rotatable bonds is 2. The van der Waals surface area contributed by atoms with Crippen molar-refractivity contribution in [3.8, 4) is 17.9 Å². The molecule has 0 fully saturated rings. The van der Waals surface area contributed by atoms with Crippen molar-refractivity contribution in [2.45, 2.75) is 38.8 Å². The number of nitriles is 2. The summed E-state index contributed by atoms with van der Waals surface area (Å²) in [5.74, 6) is 1.61. The first-order valence-electron chi connectivity index (χ1n) is 7.22. The van der Waals surface area contributed by atoms with Crippen LogP contribution in [0.1, 0.15) is 44.4 Å². The van der Waals surface area contributed by atoms with Crippen molar-refractivity contribution < 1.29 is 4.74 Å². The number of hydrogen-bond donors (Lipinski definition) is 0. The number of amidine groups is 1. The third-order valence-corrected chi connectivity index (χ3v) is 3.93. The predicted octanol–water partition coefficient (Wildman–Crippen LogP) is 3.03. The Labute approximate surface area is 131 Å². The van der Waals surface area contributed by atoms with E-state index in [4.69, 9.17) is 15.3 Å². The molecule has 1 heterocycles. The lowest BCUT2D eigenvalue weighted by molar-refractivity contribution is 0.0517. The van der Waals surface area contributed by atoms with Crippen LogP contribution in [0.4, 0.5) is 0 Å². The summed E-state index contributed by atoms with van der Waals surface area (Å²) in [7, 11) is 1.96. The van der Waals surface area contributed by atoms with Gasteiger partial charge in [-0.15, -0.1) is 0 Å². The first-order valence-corrected chi connectivity index (χ1v) is 7.22. The largest absolute Gasteiger partial charge is 0.487 e. The Balaban J connectivity index is 2.44. The number of nitrogens with zero attached hydrogens (tertiary/aromatic N) is 4. The zero-order valence-electron chi connectivity index (χ0n) is 13.4.